The number of halogens is 3. The van der Waals surface area contributed by atoms with Gasteiger partial charge in [0, 0.05) is 23.2 Å². The van der Waals surface area contributed by atoms with Crippen LogP contribution in [0.25, 0.3) is 10.2 Å². The van der Waals surface area contributed by atoms with Crippen LogP contribution >= 0.6 is 27.3 Å². The molecule has 0 aliphatic rings. The number of hydrogen-bond donors (Lipinski definition) is 1. The van der Waals surface area contributed by atoms with Crippen molar-refractivity contribution >= 4 is 43.4 Å². The largest absolute Gasteiger partial charge is 0.345 e. The van der Waals surface area contributed by atoms with Crippen molar-refractivity contribution in [2.75, 3.05) is 0 Å². The Morgan fingerprint density at radius 1 is 1.21 bits per heavy atom. The maximum Gasteiger partial charge on any atom is 0.268 e. The zero-order valence-electron chi connectivity index (χ0n) is 14.5. The van der Waals surface area contributed by atoms with Crippen LogP contribution in [-0.4, -0.2) is 15.5 Å². The Morgan fingerprint density at radius 2 is 2.07 bits per heavy atom. The fourth-order valence-corrected chi connectivity index (χ4v) is 4.66. The topological polar surface area (TPSA) is 46.9 Å². The standard InChI is InChI=1S/C20H14BrF2N3OS/c21-15-11-28-18-8-17(20(27)25-9-14-3-1-2-6-24-14)26(19(15)18)10-12-4-5-13(22)7-16(12)23/h1-8,11H,9-10H2,(H,25,27). The predicted molar refractivity (Wildman–Crippen MR) is 108 cm³/mol. The lowest BCUT2D eigenvalue weighted by Crippen LogP contribution is -2.26. The van der Waals surface area contributed by atoms with E-state index in [9.17, 15) is 13.6 Å². The van der Waals surface area contributed by atoms with E-state index >= 15 is 0 Å². The third-order valence-electron chi connectivity index (χ3n) is 4.31. The van der Waals surface area contributed by atoms with E-state index in [2.05, 4.69) is 26.2 Å². The molecule has 4 rings (SSSR count). The lowest BCUT2D eigenvalue weighted by molar-refractivity contribution is 0.0942. The highest BCUT2D eigenvalue weighted by Gasteiger charge is 2.20. The molecule has 0 radical (unpaired) electrons. The average Bonchev–Trinajstić information content (AvgIpc) is 3.23. The molecule has 0 unspecified atom stereocenters. The molecule has 0 aliphatic heterocycles. The maximum atomic E-state index is 14.2. The number of carbonyl (C=O) groups is 1. The number of rotatable bonds is 5. The molecule has 4 aromatic rings. The van der Waals surface area contributed by atoms with Gasteiger partial charge in [-0.25, -0.2) is 8.78 Å². The number of thiophene rings is 1. The third-order valence-corrected chi connectivity index (χ3v) is 6.14. The summed E-state index contributed by atoms with van der Waals surface area (Å²) >= 11 is 4.98. The number of fused-ring (bicyclic) bond motifs is 1. The first-order valence-corrected chi connectivity index (χ1v) is 10.1. The molecule has 1 aromatic carbocycles. The van der Waals surface area contributed by atoms with Crippen molar-refractivity contribution in [2.24, 2.45) is 0 Å². The highest BCUT2D eigenvalue weighted by Crippen LogP contribution is 2.34. The molecule has 3 aromatic heterocycles. The van der Waals surface area contributed by atoms with Gasteiger partial charge >= 0.3 is 0 Å². The summed E-state index contributed by atoms with van der Waals surface area (Å²) in [4.78, 5) is 17.0. The number of amides is 1. The molecule has 0 saturated carbocycles. The van der Waals surface area contributed by atoms with E-state index in [1.54, 1.807) is 22.9 Å². The summed E-state index contributed by atoms with van der Waals surface area (Å²) in [7, 11) is 0. The zero-order chi connectivity index (χ0) is 19.7. The van der Waals surface area contributed by atoms with Crippen molar-refractivity contribution in [3.8, 4) is 0 Å². The van der Waals surface area contributed by atoms with Gasteiger partial charge in [0.2, 0.25) is 0 Å². The fraction of sp³-hybridized carbons (Fsp3) is 0.100. The molecule has 1 N–H and O–H groups in total. The number of benzene rings is 1. The van der Waals surface area contributed by atoms with E-state index in [0.717, 1.165) is 26.4 Å². The van der Waals surface area contributed by atoms with E-state index in [1.165, 1.54) is 23.5 Å². The van der Waals surface area contributed by atoms with Crippen LogP contribution < -0.4 is 5.32 Å². The summed E-state index contributed by atoms with van der Waals surface area (Å²) in [6.07, 6.45) is 1.66. The normalized spacial score (nSPS) is 11.1. The van der Waals surface area contributed by atoms with Crippen LogP contribution in [0.1, 0.15) is 21.7 Å². The molecular formula is C20H14BrF2N3OS. The van der Waals surface area contributed by atoms with Gasteiger partial charge < -0.3 is 9.88 Å². The van der Waals surface area contributed by atoms with Crippen LogP contribution in [0.2, 0.25) is 0 Å². The van der Waals surface area contributed by atoms with Crippen molar-refractivity contribution < 1.29 is 13.6 Å². The van der Waals surface area contributed by atoms with E-state index in [1.807, 2.05) is 17.5 Å². The first kappa shape index (κ1) is 18.8. The lowest BCUT2D eigenvalue weighted by atomic mass is 10.2. The molecule has 28 heavy (non-hydrogen) atoms. The number of aromatic nitrogens is 2. The summed E-state index contributed by atoms with van der Waals surface area (Å²) in [5.74, 6) is -1.57. The van der Waals surface area contributed by atoms with E-state index in [0.29, 0.717) is 11.3 Å². The van der Waals surface area contributed by atoms with Gasteiger partial charge in [-0.15, -0.1) is 11.3 Å². The van der Waals surface area contributed by atoms with Crippen molar-refractivity contribution in [1.29, 1.82) is 0 Å². The average molecular weight is 462 g/mol. The highest BCUT2D eigenvalue weighted by atomic mass is 79.9. The summed E-state index contributed by atoms with van der Waals surface area (Å²) in [6, 6.07) is 10.7. The Kier molecular flexibility index (Phi) is 5.23. The van der Waals surface area contributed by atoms with Gasteiger partial charge in [-0.1, -0.05) is 12.1 Å². The van der Waals surface area contributed by atoms with Gasteiger partial charge in [0.05, 0.1) is 33.5 Å². The number of nitrogens with zero attached hydrogens (tertiary/aromatic N) is 2. The zero-order valence-corrected chi connectivity index (χ0v) is 16.9. The molecule has 0 aliphatic carbocycles. The van der Waals surface area contributed by atoms with E-state index in [-0.39, 0.29) is 19.0 Å². The third kappa shape index (κ3) is 3.70. The summed E-state index contributed by atoms with van der Waals surface area (Å²) in [6.45, 7) is 0.391. The van der Waals surface area contributed by atoms with Crippen LogP contribution in [0.3, 0.4) is 0 Å². The smallest absolute Gasteiger partial charge is 0.268 e. The van der Waals surface area contributed by atoms with Crippen molar-refractivity contribution in [3.63, 3.8) is 0 Å². The molecule has 0 saturated heterocycles. The van der Waals surface area contributed by atoms with Gasteiger partial charge in [-0.3, -0.25) is 9.78 Å². The Bertz CT molecular complexity index is 1160. The minimum Gasteiger partial charge on any atom is -0.345 e. The summed E-state index contributed by atoms with van der Waals surface area (Å²) < 4.78 is 30.9. The number of hydrogen-bond acceptors (Lipinski definition) is 3. The fourth-order valence-electron chi connectivity index (χ4n) is 2.97. The predicted octanol–water partition coefficient (Wildman–Crippen LogP) is 5.12. The molecular weight excluding hydrogens is 448 g/mol. The van der Waals surface area contributed by atoms with E-state index < -0.39 is 11.6 Å². The number of carbonyl (C=O) groups excluding carboxylic acids is 1. The molecule has 142 valence electrons. The minimum absolute atomic E-state index is 0.108. The molecule has 0 fully saturated rings. The molecule has 0 atom stereocenters. The van der Waals surface area contributed by atoms with Gasteiger partial charge in [0.1, 0.15) is 17.3 Å². The van der Waals surface area contributed by atoms with Crippen molar-refractivity contribution in [3.05, 3.63) is 87.1 Å². The van der Waals surface area contributed by atoms with E-state index in [4.69, 9.17) is 0 Å². The first-order chi connectivity index (χ1) is 13.5. The van der Waals surface area contributed by atoms with Crippen molar-refractivity contribution in [2.45, 2.75) is 13.1 Å². The van der Waals surface area contributed by atoms with Crippen LogP contribution in [-0.2, 0) is 13.1 Å². The molecule has 3 heterocycles. The van der Waals surface area contributed by atoms with Crippen LogP contribution in [0.4, 0.5) is 8.78 Å². The second-order valence-electron chi connectivity index (χ2n) is 6.15. The van der Waals surface area contributed by atoms with Gasteiger partial charge in [-0.05, 0) is 40.2 Å². The first-order valence-electron chi connectivity index (χ1n) is 8.41. The number of nitrogens with one attached hydrogen (secondary N) is 1. The minimum atomic E-state index is -0.645. The molecule has 4 nitrogen and oxygen atoms in total. The molecule has 1 amide bonds. The Morgan fingerprint density at radius 3 is 2.82 bits per heavy atom. The van der Waals surface area contributed by atoms with Gasteiger partial charge in [0.25, 0.3) is 5.91 Å². The summed E-state index contributed by atoms with van der Waals surface area (Å²) in [5, 5.41) is 4.76. The maximum absolute atomic E-state index is 14.2. The second kappa shape index (κ2) is 7.81. The highest BCUT2D eigenvalue weighted by molar-refractivity contribution is 9.10. The van der Waals surface area contributed by atoms with Crippen LogP contribution in [0.5, 0.6) is 0 Å². The Balaban J connectivity index is 1.68. The Hall–Kier alpha value is -2.58. The Labute approximate surface area is 172 Å². The molecule has 0 bridgehead atoms. The number of pyridine rings is 1. The van der Waals surface area contributed by atoms with Gasteiger partial charge in [0.15, 0.2) is 0 Å². The van der Waals surface area contributed by atoms with Crippen LogP contribution in [0.15, 0.2) is 58.5 Å². The molecule has 8 heteroatoms. The summed E-state index contributed by atoms with van der Waals surface area (Å²) in [5.41, 5.74) is 2.25. The lowest BCUT2D eigenvalue weighted by Gasteiger charge is -2.12. The van der Waals surface area contributed by atoms with Crippen LogP contribution in [0, 0.1) is 11.6 Å². The monoisotopic (exact) mass is 461 g/mol. The molecule has 0 spiro atoms. The second-order valence-corrected chi connectivity index (χ2v) is 7.92. The van der Waals surface area contributed by atoms with Crippen molar-refractivity contribution in [1.82, 2.24) is 14.9 Å². The quantitative estimate of drug-likeness (QED) is 0.448. The van der Waals surface area contributed by atoms with Gasteiger partial charge in [-0.2, -0.15) is 0 Å². The SMILES string of the molecule is O=C(NCc1ccccn1)c1cc2scc(Br)c2n1Cc1ccc(F)cc1F.